The molecule has 6 nitrogen and oxygen atoms in total. The van der Waals surface area contributed by atoms with Crippen LogP contribution in [0.15, 0.2) is 60.9 Å². The van der Waals surface area contributed by atoms with Crippen molar-refractivity contribution in [3.8, 4) is 28.6 Å². The van der Waals surface area contributed by atoms with E-state index < -0.39 is 0 Å². The van der Waals surface area contributed by atoms with E-state index in [1.54, 1.807) is 25.3 Å². The molecule has 0 aliphatic carbocycles. The van der Waals surface area contributed by atoms with Crippen LogP contribution in [0, 0.1) is 0 Å². The molecule has 2 aromatic carbocycles. The topological polar surface area (TPSA) is 73.3 Å². The van der Waals surface area contributed by atoms with Crippen LogP contribution in [0.2, 0.25) is 0 Å². The van der Waals surface area contributed by atoms with Crippen LogP contribution < -0.4 is 14.8 Å². The Kier molecular flexibility index (Phi) is 6.22. The quantitative estimate of drug-likeness (QED) is 0.657. The predicted octanol–water partition coefficient (Wildman–Crippen LogP) is 4.47. The molecule has 0 fully saturated rings. The van der Waals surface area contributed by atoms with E-state index in [9.17, 15) is 4.79 Å². The van der Waals surface area contributed by atoms with Crippen LogP contribution in [0.5, 0.6) is 17.4 Å². The fourth-order valence-electron chi connectivity index (χ4n) is 2.60. The summed E-state index contributed by atoms with van der Waals surface area (Å²) in [6.07, 6.45) is 2.31. The number of amides is 1. The summed E-state index contributed by atoms with van der Waals surface area (Å²) >= 11 is 0. The molecule has 1 amide bonds. The average molecular weight is 377 g/mol. The van der Waals surface area contributed by atoms with Gasteiger partial charge in [-0.1, -0.05) is 31.2 Å². The Bertz CT molecular complexity index is 959. The van der Waals surface area contributed by atoms with Crippen LogP contribution in [0.25, 0.3) is 11.3 Å². The number of hydrogen-bond acceptors (Lipinski definition) is 5. The van der Waals surface area contributed by atoms with Crippen molar-refractivity contribution in [2.45, 2.75) is 26.3 Å². The molecule has 0 saturated heterocycles. The first-order chi connectivity index (χ1) is 13.6. The molecule has 6 heteroatoms. The monoisotopic (exact) mass is 377 g/mol. The Labute approximate surface area is 164 Å². The number of benzene rings is 2. The van der Waals surface area contributed by atoms with Crippen LogP contribution >= 0.6 is 0 Å². The van der Waals surface area contributed by atoms with Crippen LogP contribution in [0.3, 0.4) is 0 Å². The second-order valence-corrected chi connectivity index (χ2v) is 6.36. The molecule has 1 aromatic heterocycles. The summed E-state index contributed by atoms with van der Waals surface area (Å²) < 4.78 is 11.2. The molecule has 0 radical (unpaired) electrons. The van der Waals surface area contributed by atoms with E-state index >= 15 is 0 Å². The fraction of sp³-hybridized carbons (Fsp3) is 0.227. The summed E-state index contributed by atoms with van der Waals surface area (Å²) in [5.41, 5.74) is 2.06. The van der Waals surface area contributed by atoms with E-state index in [0.717, 1.165) is 12.0 Å². The minimum absolute atomic E-state index is 0.101. The maximum Gasteiger partial charge on any atom is 0.251 e. The highest BCUT2D eigenvalue weighted by molar-refractivity contribution is 5.95. The highest BCUT2D eigenvalue weighted by Crippen LogP contribution is 2.31. The number of carbonyl (C=O) groups excluding carboxylic acids is 1. The zero-order valence-electron chi connectivity index (χ0n) is 16.2. The van der Waals surface area contributed by atoms with Crippen molar-refractivity contribution in [3.05, 3.63) is 66.5 Å². The largest absolute Gasteiger partial charge is 0.493 e. The second-order valence-electron chi connectivity index (χ2n) is 6.36. The number of aromatic nitrogens is 2. The Balaban J connectivity index is 1.84. The van der Waals surface area contributed by atoms with Crippen molar-refractivity contribution in [3.63, 3.8) is 0 Å². The molecular formula is C22H23N3O3. The number of carbonyl (C=O) groups is 1. The number of nitrogens with one attached hydrogen (secondary N) is 1. The van der Waals surface area contributed by atoms with Crippen LogP contribution in [-0.2, 0) is 0 Å². The van der Waals surface area contributed by atoms with Gasteiger partial charge in [0, 0.05) is 23.2 Å². The third-order valence-corrected chi connectivity index (χ3v) is 4.34. The first kappa shape index (κ1) is 19.4. The van der Waals surface area contributed by atoms with E-state index in [4.69, 9.17) is 9.47 Å². The zero-order chi connectivity index (χ0) is 19.9. The van der Waals surface area contributed by atoms with Crippen molar-refractivity contribution in [1.29, 1.82) is 0 Å². The first-order valence-electron chi connectivity index (χ1n) is 9.15. The summed E-state index contributed by atoms with van der Waals surface area (Å²) in [7, 11) is 1.59. The molecule has 1 N–H and O–H groups in total. The first-order valence-corrected chi connectivity index (χ1v) is 9.15. The lowest BCUT2D eigenvalue weighted by Gasteiger charge is -2.12. The van der Waals surface area contributed by atoms with E-state index in [1.807, 2.05) is 50.2 Å². The molecule has 0 saturated carbocycles. The summed E-state index contributed by atoms with van der Waals surface area (Å²) in [6, 6.07) is 16.5. The third kappa shape index (κ3) is 4.65. The van der Waals surface area contributed by atoms with Gasteiger partial charge in [0.25, 0.3) is 5.91 Å². The maximum absolute atomic E-state index is 12.4. The summed E-state index contributed by atoms with van der Waals surface area (Å²) in [5, 5.41) is 2.97. The predicted molar refractivity (Wildman–Crippen MR) is 108 cm³/mol. The van der Waals surface area contributed by atoms with Gasteiger partial charge in [-0.25, -0.2) is 9.97 Å². The lowest BCUT2D eigenvalue weighted by molar-refractivity contribution is 0.0939. The van der Waals surface area contributed by atoms with E-state index in [0.29, 0.717) is 28.6 Å². The Morgan fingerprint density at radius 2 is 1.86 bits per heavy atom. The fourth-order valence-corrected chi connectivity index (χ4v) is 2.60. The van der Waals surface area contributed by atoms with Gasteiger partial charge in [-0.05, 0) is 37.6 Å². The van der Waals surface area contributed by atoms with Gasteiger partial charge in [0.15, 0.2) is 11.5 Å². The van der Waals surface area contributed by atoms with Crippen molar-refractivity contribution in [1.82, 2.24) is 15.3 Å². The van der Waals surface area contributed by atoms with E-state index in [-0.39, 0.29) is 11.9 Å². The van der Waals surface area contributed by atoms with Gasteiger partial charge < -0.3 is 14.8 Å². The molecule has 0 bridgehead atoms. The normalized spacial score (nSPS) is 11.5. The molecule has 144 valence electrons. The molecule has 3 rings (SSSR count). The minimum atomic E-state index is -0.101. The minimum Gasteiger partial charge on any atom is -0.493 e. The van der Waals surface area contributed by atoms with Gasteiger partial charge in [-0.2, -0.15) is 0 Å². The van der Waals surface area contributed by atoms with E-state index in [2.05, 4.69) is 15.3 Å². The summed E-state index contributed by atoms with van der Waals surface area (Å²) in [4.78, 5) is 20.9. The second kappa shape index (κ2) is 8.99. The van der Waals surface area contributed by atoms with Crippen molar-refractivity contribution in [2.75, 3.05) is 7.11 Å². The van der Waals surface area contributed by atoms with Gasteiger partial charge >= 0.3 is 0 Å². The van der Waals surface area contributed by atoms with Crippen LogP contribution in [-0.4, -0.2) is 29.0 Å². The van der Waals surface area contributed by atoms with Gasteiger partial charge in [0.1, 0.15) is 6.33 Å². The molecule has 1 atom stereocenters. The maximum atomic E-state index is 12.4. The number of hydrogen-bond donors (Lipinski definition) is 1. The average Bonchev–Trinajstić information content (AvgIpc) is 2.74. The van der Waals surface area contributed by atoms with Gasteiger partial charge in [-0.3, -0.25) is 4.79 Å². The lowest BCUT2D eigenvalue weighted by Crippen LogP contribution is -2.31. The number of para-hydroxylation sites is 2. The van der Waals surface area contributed by atoms with E-state index in [1.165, 1.54) is 6.33 Å². The Morgan fingerprint density at radius 3 is 2.61 bits per heavy atom. The SMILES string of the molecule is CC[C@@H](C)NC(=O)c1cccc(-c2cc(Oc3ccccc3OC)ncn2)c1. The van der Waals surface area contributed by atoms with Crippen molar-refractivity contribution < 1.29 is 14.3 Å². The van der Waals surface area contributed by atoms with Crippen LogP contribution in [0.1, 0.15) is 30.6 Å². The highest BCUT2D eigenvalue weighted by atomic mass is 16.5. The standard InChI is InChI=1S/C22H23N3O3/c1-4-15(2)25-22(26)17-9-7-8-16(12-17)18-13-21(24-14-23-18)28-20-11-6-5-10-19(20)27-3/h5-15H,4H2,1-3H3,(H,25,26)/t15-/m1/s1. The molecule has 3 aromatic rings. The van der Waals surface area contributed by atoms with Crippen molar-refractivity contribution >= 4 is 5.91 Å². The Hall–Kier alpha value is -3.41. The molecule has 1 heterocycles. The Morgan fingerprint density at radius 1 is 1.07 bits per heavy atom. The zero-order valence-corrected chi connectivity index (χ0v) is 16.2. The molecule has 0 spiro atoms. The summed E-state index contributed by atoms with van der Waals surface area (Å²) in [5.74, 6) is 1.47. The summed E-state index contributed by atoms with van der Waals surface area (Å²) in [6.45, 7) is 4.01. The number of nitrogens with zero attached hydrogens (tertiary/aromatic N) is 2. The van der Waals surface area contributed by atoms with Gasteiger partial charge in [0.05, 0.1) is 12.8 Å². The molecule has 0 aliphatic rings. The lowest BCUT2D eigenvalue weighted by atomic mass is 10.1. The highest BCUT2D eigenvalue weighted by Gasteiger charge is 2.11. The number of ether oxygens (including phenoxy) is 2. The van der Waals surface area contributed by atoms with Crippen LogP contribution in [0.4, 0.5) is 0 Å². The molecule has 0 aliphatic heterocycles. The van der Waals surface area contributed by atoms with Gasteiger partial charge in [0.2, 0.25) is 5.88 Å². The molecule has 28 heavy (non-hydrogen) atoms. The van der Waals surface area contributed by atoms with Gasteiger partial charge in [-0.15, -0.1) is 0 Å². The molecule has 0 unspecified atom stereocenters. The molecular weight excluding hydrogens is 354 g/mol. The third-order valence-electron chi connectivity index (χ3n) is 4.34. The number of methoxy groups -OCH3 is 1. The smallest absolute Gasteiger partial charge is 0.251 e. The number of rotatable bonds is 7. The van der Waals surface area contributed by atoms with Crippen molar-refractivity contribution in [2.24, 2.45) is 0 Å².